The molecule has 0 aliphatic heterocycles. The van der Waals surface area contributed by atoms with Crippen molar-refractivity contribution in [1.29, 1.82) is 0 Å². The molecule has 8 bridgehead atoms. The zero-order chi connectivity index (χ0) is 29.6. The van der Waals surface area contributed by atoms with E-state index >= 15 is 0 Å². The van der Waals surface area contributed by atoms with Crippen molar-refractivity contribution in [2.45, 2.75) is 175 Å². The molecule has 0 aromatic rings. The monoisotopic (exact) mass is 638 g/mol. The molecule has 8 aliphatic rings. The van der Waals surface area contributed by atoms with Gasteiger partial charge in [-0.2, -0.15) is 0 Å². The van der Waals surface area contributed by atoms with Crippen LogP contribution in [0.15, 0.2) is 0 Å². The van der Waals surface area contributed by atoms with Gasteiger partial charge in [-0.25, -0.2) is 0 Å². The minimum absolute atomic E-state index is 0.552. The number of rotatable bonds is 4. The molecular weight excluding hydrogens is 572 g/mol. The van der Waals surface area contributed by atoms with E-state index in [-0.39, 0.29) is 0 Å². The summed E-state index contributed by atoms with van der Waals surface area (Å²) in [6.45, 7) is 34.0. The molecule has 0 radical (unpaired) electrons. The summed E-state index contributed by atoms with van der Waals surface area (Å²) in [5.74, 6) is 4.03. The van der Waals surface area contributed by atoms with E-state index in [0.29, 0.717) is 43.3 Å². The van der Waals surface area contributed by atoms with Gasteiger partial charge in [-0.05, 0) is 0 Å². The Hall–Kier alpha value is 0.883. The predicted octanol–water partition coefficient (Wildman–Crippen LogP) is 12.7. The summed E-state index contributed by atoms with van der Waals surface area (Å²) in [4.78, 5) is 0. The summed E-state index contributed by atoms with van der Waals surface area (Å²) in [7, 11) is 0. The van der Waals surface area contributed by atoms with Crippen LogP contribution in [0.25, 0.3) is 0 Å². The second kappa shape index (κ2) is 7.87. The first kappa shape index (κ1) is 29.3. The molecule has 0 nitrogen and oxygen atoms in total. The van der Waals surface area contributed by atoms with Gasteiger partial charge in [0.15, 0.2) is 0 Å². The molecule has 0 aromatic carbocycles. The van der Waals surface area contributed by atoms with Crippen molar-refractivity contribution >= 4 is 0 Å². The summed E-state index contributed by atoms with van der Waals surface area (Å²) < 4.78 is 4.54. The summed E-state index contributed by atoms with van der Waals surface area (Å²) >= 11 is -3.17. The Balaban J connectivity index is 1.44. The quantitative estimate of drug-likeness (QED) is 0.287. The fourth-order valence-corrected chi connectivity index (χ4v) is 47.2. The molecule has 8 aliphatic carbocycles. The molecule has 0 spiro atoms. The number of hydrogen-bond acceptors (Lipinski definition) is 0. The average molecular weight is 640 g/mol. The normalized spacial score (nSPS) is 59.4. The van der Waals surface area contributed by atoms with Gasteiger partial charge in [0.25, 0.3) is 0 Å². The number of hydrogen-bond donors (Lipinski definition) is 0. The van der Waals surface area contributed by atoms with Crippen LogP contribution < -0.4 is 0 Å². The summed E-state index contributed by atoms with van der Waals surface area (Å²) in [5.41, 5.74) is 4.60. The Kier molecular flexibility index (Phi) is 5.63. The SMILES string of the molecule is CC1(C)C2CCC1(C)[CH]([Zr]([CH]1CC3CCC1(C)C3(C)C)([CH]1CC3CCC1(C)C3(C)C)[CH]1CC3CCC1(C)C3(C)C)C2. The van der Waals surface area contributed by atoms with E-state index < -0.39 is 20.3 Å². The summed E-state index contributed by atoms with van der Waals surface area (Å²) in [6, 6.07) is 0. The van der Waals surface area contributed by atoms with E-state index in [1.807, 2.05) is 0 Å². The van der Waals surface area contributed by atoms with Gasteiger partial charge in [0.2, 0.25) is 0 Å². The molecule has 12 unspecified atom stereocenters. The zero-order valence-corrected chi connectivity index (χ0v) is 32.1. The van der Waals surface area contributed by atoms with Crippen molar-refractivity contribution in [2.75, 3.05) is 0 Å². The molecule has 8 saturated carbocycles. The average Bonchev–Trinajstić information content (AvgIpc) is 3.63. The van der Waals surface area contributed by atoms with Crippen molar-refractivity contribution in [3.63, 3.8) is 0 Å². The van der Waals surface area contributed by atoms with Gasteiger partial charge in [-0.3, -0.25) is 0 Å². The third kappa shape index (κ3) is 2.79. The van der Waals surface area contributed by atoms with Crippen LogP contribution >= 0.6 is 0 Å². The van der Waals surface area contributed by atoms with Crippen molar-refractivity contribution in [1.82, 2.24) is 0 Å². The maximum atomic E-state index is 2.93. The first-order chi connectivity index (χ1) is 18.8. The Bertz CT molecular complexity index is 976. The van der Waals surface area contributed by atoms with Crippen LogP contribution in [0.5, 0.6) is 0 Å². The standard InChI is InChI=1S/4C10H17.Zr/c4*1-9(2)8-4-6-10(9,3)7-5-8;/h4*6,8H,4-5,7H2,1-3H3;. The fraction of sp³-hybridized carbons (Fsp3) is 1.00. The summed E-state index contributed by atoms with van der Waals surface area (Å²) in [6.07, 6.45) is 19.1. The van der Waals surface area contributed by atoms with E-state index in [2.05, 4.69) is 83.1 Å². The molecule has 12 atom stereocenters. The van der Waals surface area contributed by atoms with Crippen molar-refractivity contribution in [3.8, 4) is 0 Å². The Morgan fingerprint density at radius 2 is 0.537 bits per heavy atom. The van der Waals surface area contributed by atoms with Crippen LogP contribution in [0, 0.1) is 67.0 Å². The molecule has 1 heteroatoms. The summed E-state index contributed by atoms with van der Waals surface area (Å²) in [5, 5.41) is 0. The zero-order valence-electron chi connectivity index (χ0n) is 29.6. The fourth-order valence-electron chi connectivity index (χ4n) is 17.3. The van der Waals surface area contributed by atoms with E-state index in [9.17, 15) is 0 Å². The molecule has 0 N–H and O–H groups in total. The molecule has 0 saturated heterocycles. The second-order valence-corrected chi connectivity index (χ2v) is 33.4. The molecular formula is C40H68Zr. The number of fused-ring (bicyclic) bond motifs is 8. The first-order valence-electron chi connectivity index (χ1n) is 18.8. The van der Waals surface area contributed by atoms with Crippen molar-refractivity contribution in [3.05, 3.63) is 0 Å². The van der Waals surface area contributed by atoms with Gasteiger partial charge in [0.05, 0.1) is 0 Å². The molecule has 0 amide bonds. The van der Waals surface area contributed by atoms with Gasteiger partial charge < -0.3 is 0 Å². The van der Waals surface area contributed by atoms with Gasteiger partial charge in [0.1, 0.15) is 0 Å². The minimum atomic E-state index is -3.17. The van der Waals surface area contributed by atoms with Gasteiger partial charge in [-0.1, -0.05) is 0 Å². The Labute approximate surface area is 260 Å². The van der Waals surface area contributed by atoms with Gasteiger partial charge in [0, 0.05) is 0 Å². The first-order valence-corrected chi connectivity index (χ1v) is 24.5. The molecule has 41 heavy (non-hydrogen) atoms. The third-order valence-corrected chi connectivity index (χ3v) is 42.0. The predicted molar refractivity (Wildman–Crippen MR) is 172 cm³/mol. The second-order valence-electron chi connectivity index (χ2n) is 21.7. The maximum absolute atomic E-state index is 3.17. The van der Waals surface area contributed by atoms with Crippen LogP contribution in [-0.4, -0.2) is 0 Å². The van der Waals surface area contributed by atoms with Gasteiger partial charge in [-0.15, -0.1) is 0 Å². The molecule has 8 fully saturated rings. The van der Waals surface area contributed by atoms with Crippen LogP contribution in [0.1, 0.15) is 160 Å². The van der Waals surface area contributed by atoms with Crippen molar-refractivity contribution in [2.24, 2.45) is 67.0 Å². The molecule has 8 rings (SSSR count). The van der Waals surface area contributed by atoms with Crippen LogP contribution in [0.2, 0.25) is 14.5 Å². The van der Waals surface area contributed by atoms with Crippen LogP contribution in [-0.2, 0) is 20.3 Å². The van der Waals surface area contributed by atoms with Gasteiger partial charge >= 0.3 is 262 Å². The van der Waals surface area contributed by atoms with E-state index in [0.717, 1.165) is 38.2 Å². The Morgan fingerprint density at radius 3 is 0.659 bits per heavy atom. The Morgan fingerprint density at radius 1 is 0.341 bits per heavy atom. The van der Waals surface area contributed by atoms with E-state index in [1.54, 1.807) is 77.0 Å². The molecule has 0 heterocycles. The third-order valence-electron chi connectivity index (χ3n) is 21.6. The van der Waals surface area contributed by atoms with E-state index in [1.165, 1.54) is 0 Å². The topological polar surface area (TPSA) is 0 Å². The van der Waals surface area contributed by atoms with Crippen molar-refractivity contribution < 1.29 is 20.3 Å². The van der Waals surface area contributed by atoms with E-state index in [4.69, 9.17) is 0 Å². The molecule has 0 aromatic heterocycles. The van der Waals surface area contributed by atoms with Crippen LogP contribution in [0.3, 0.4) is 0 Å². The molecule has 232 valence electrons. The van der Waals surface area contributed by atoms with Crippen LogP contribution in [0.4, 0.5) is 0 Å².